The second-order valence-corrected chi connectivity index (χ2v) is 15.2. The quantitative estimate of drug-likeness (QED) is 0.0487. The number of aromatic nitrogens is 3. The van der Waals surface area contributed by atoms with Crippen molar-refractivity contribution in [1.82, 2.24) is 24.8 Å². The summed E-state index contributed by atoms with van der Waals surface area (Å²) in [7, 11) is 2.18. The number of nitrogens with one attached hydrogen (secondary N) is 3. The molecule has 58 heavy (non-hydrogen) atoms. The highest BCUT2D eigenvalue weighted by atomic mass is 35.5. The van der Waals surface area contributed by atoms with Crippen molar-refractivity contribution < 1.29 is 0 Å². The molecular weight excluding hydrogens is 761 g/mol. The fourth-order valence-electron chi connectivity index (χ4n) is 7.42. The van der Waals surface area contributed by atoms with Gasteiger partial charge in [0.05, 0.1) is 10.0 Å². The fourth-order valence-corrected chi connectivity index (χ4v) is 8.02. The molecule has 3 N–H and O–H groups in total. The van der Waals surface area contributed by atoms with E-state index in [-0.39, 0.29) is 0 Å². The maximum absolute atomic E-state index is 6.93. The summed E-state index contributed by atoms with van der Waals surface area (Å²) in [6.07, 6.45) is 2.77. The molecule has 292 valence electrons. The van der Waals surface area contributed by atoms with Crippen molar-refractivity contribution in [3.8, 4) is 11.1 Å². The zero-order valence-corrected chi connectivity index (χ0v) is 33.8. The highest BCUT2D eigenvalue weighted by Gasteiger charge is 2.37. The van der Waals surface area contributed by atoms with Gasteiger partial charge in [0, 0.05) is 61.1 Å². The normalized spacial score (nSPS) is 14.0. The van der Waals surface area contributed by atoms with Crippen molar-refractivity contribution in [3.63, 3.8) is 0 Å². The van der Waals surface area contributed by atoms with E-state index in [2.05, 4.69) is 74.2 Å². The van der Waals surface area contributed by atoms with Gasteiger partial charge in [-0.25, -0.2) is 15.0 Å². The van der Waals surface area contributed by atoms with Crippen molar-refractivity contribution in [2.75, 3.05) is 62.3 Å². The lowest BCUT2D eigenvalue weighted by molar-refractivity contribution is 0.154. The van der Waals surface area contributed by atoms with Crippen LogP contribution in [0.25, 0.3) is 22.2 Å². The summed E-state index contributed by atoms with van der Waals surface area (Å²) in [4.78, 5) is 25.3. The van der Waals surface area contributed by atoms with Crippen LogP contribution in [0.1, 0.15) is 23.1 Å². The Hall–Kier alpha value is -5.84. The van der Waals surface area contributed by atoms with Gasteiger partial charge in [-0.05, 0) is 67.0 Å². The van der Waals surface area contributed by atoms with E-state index in [4.69, 9.17) is 38.2 Å². The molecular formula is C47H45Cl2N9. The third-order valence-electron chi connectivity index (χ3n) is 10.5. The van der Waals surface area contributed by atoms with E-state index < -0.39 is 5.54 Å². The minimum atomic E-state index is -0.990. The summed E-state index contributed by atoms with van der Waals surface area (Å²) in [5, 5.41) is 12.4. The molecule has 7 aromatic rings. The number of rotatable bonds is 12. The van der Waals surface area contributed by atoms with Gasteiger partial charge in [0.15, 0.2) is 5.65 Å². The van der Waals surface area contributed by atoms with Crippen LogP contribution >= 0.6 is 23.2 Å². The number of guanidine groups is 1. The van der Waals surface area contributed by atoms with Gasteiger partial charge in [-0.1, -0.05) is 138 Å². The second kappa shape index (κ2) is 18.2. The maximum atomic E-state index is 6.93. The molecule has 0 radical (unpaired) electrons. The van der Waals surface area contributed by atoms with Crippen LogP contribution in [0.15, 0.2) is 157 Å². The minimum Gasteiger partial charge on any atom is -0.354 e. The zero-order chi connectivity index (χ0) is 39.7. The van der Waals surface area contributed by atoms with Crippen molar-refractivity contribution in [2.24, 2.45) is 4.99 Å². The van der Waals surface area contributed by atoms with Gasteiger partial charge in [0.2, 0.25) is 11.9 Å². The highest BCUT2D eigenvalue weighted by Crippen LogP contribution is 2.42. The van der Waals surface area contributed by atoms with Crippen molar-refractivity contribution in [2.45, 2.75) is 12.0 Å². The number of halogens is 2. The highest BCUT2D eigenvalue weighted by molar-refractivity contribution is 6.39. The molecule has 1 fully saturated rings. The van der Waals surface area contributed by atoms with Gasteiger partial charge in [0.1, 0.15) is 11.4 Å². The molecule has 2 aromatic heterocycles. The van der Waals surface area contributed by atoms with Crippen LogP contribution in [0.2, 0.25) is 10.0 Å². The smallest absolute Gasteiger partial charge is 0.224 e. The molecule has 0 spiro atoms. The number of likely N-dealkylation sites (N-methyl/N-ethyl adjacent to an activating group) is 1. The third-order valence-corrected chi connectivity index (χ3v) is 11.1. The average Bonchev–Trinajstić information content (AvgIpc) is 3.26. The molecule has 0 amide bonds. The summed E-state index contributed by atoms with van der Waals surface area (Å²) < 4.78 is 0. The third kappa shape index (κ3) is 8.83. The molecule has 1 saturated heterocycles. The Balaban J connectivity index is 1.25. The van der Waals surface area contributed by atoms with Gasteiger partial charge in [0.25, 0.3) is 0 Å². The Labute approximate surface area is 349 Å². The lowest BCUT2D eigenvalue weighted by Crippen LogP contribution is -2.44. The lowest BCUT2D eigenvalue weighted by atomic mass is 9.77. The Bertz CT molecular complexity index is 2340. The van der Waals surface area contributed by atoms with Crippen LogP contribution in [0.3, 0.4) is 0 Å². The van der Waals surface area contributed by atoms with E-state index in [1.54, 1.807) is 6.20 Å². The first kappa shape index (κ1) is 39.0. The molecule has 11 heteroatoms. The SMILES string of the molecule is CN1CCN(CCCNc2ncc3cc(-c4c(Cl)cccc4Cl)c(NC(=NC(c4ccccc4)(c4ccccc4)c4ccccc4)Nc4ccccc4)nc3n2)CC1. The molecule has 8 rings (SSSR count). The largest absolute Gasteiger partial charge is 0.354 e. The number of aliphatic imine (C=N–C) groups is 1. The summed E-state index contributed by atoms with van der Waals surface area (Å²) in [5.41, 5.74) is 4.61. The molecule has 1 aliphatic heterocycles. The van der Waals surface area contributed by atoms with E-state index in [0.717, 1.165) is 73.5 Å². The van der Waals surface area contributed by atoms with Gasteiger partial charge in [-0.3, -0.25) is 0 Å². The number of piperazine rings is 1. The second-order valence-electron chi connectivity index (χ2n) is 14.4. The van der Waals surface area contributed by atoms with Crippen LogP contribution in [0.4, 0.5) is 17.5 Å². The number of nitrogens with zero attached hydrogens (tertiary/aromatic N) is 6. The Kier molecular flexibility index (Phi) is 12.2. The molecule has 9 nitrogen and oxygen atoms in total. The summed E-state index contributed by atoms with van der Waals surface area (Å²) >= 11 is 13.9. The zero-order valence-electron chi connectivity index (χ0n) is 32.3. The van der Waals surface area contributed by atoms with E-state index in [1.165, 1.54) is 0 Å². The fraction of sp³-hybridized carbons (Fsp3) is 0.191. The first-order valence-electron chi connectivity index (χ1n) is 19.6. The molecule has 1 aliphatic rings. The monoisotopic (exact) mass is 805 g/mol. The molecule has 0 saturated carbocycles. The lowest BCUT2D eigenvalue weighted by Gasteiger charge is -2.33. The van der Waals surface area contributed by atoms with Gasteiger partial charge in [-0.2, -0.15) is 4.98 Å². The number of benzene rings is 5. The van der Waals surface area contributed by atoms with Crippen LogP contribution in [0, 0.1) is 0 Å². The number of anilines is 3. The molecule has 0 unspecified atom stereocenters. The average molecular weight is 807 g/mol. The number of fused-ring (bicyclic) bond motifs is 1. The van der Waals surface area contributed by atoms with E-state index in [9.17, 15) is 0 Å². The maximum Gasteiger partial charge on any atom is 0.224 e. The van der Waals surface area contributed by atoms with Crippen LogP contribution < -0.4 is 16.0 Å². The molecule has 0 atom stereocenters. The van der Waals surface area contributed by atoms with Crippen molar-refractivity contribution in [1.29, 1.82) is 0 Å². The number of hydrogen-bond acceptors (Lipinski definition) is 7. The number of hydrogen-bond donors (Lipinski definition) is 3. The van der Waals surface area contributed by atoms with E-state index >= 15 is 0 Å². The molecule has 0 bridgehead atoms. The van der Waals surface area contributed by atoms with Crippen LogP contribution in [-0.4, -0.2) is 77.0 Å². The number of para-hydroxylation sites is 1. The Morgan fingerprint density at radius 3 is 1.84 bits per heavy atom. The van der Waals surface area contributed by atoms with Crippen molar-refractivity contribution in [3.05, 3.63) is 179 Å². The predicted octanol–water partition coefficient (Wildman–Crippen LogP) is 9.92. The van der Waals surface area contributed by atoms with E-state index in [0.29, 0.717) is 44.5 Å². The van der Waals surface area contributed by atoms with Crippen LogP contribution in [0.5, 0.6) is 0 Å². The minimum absolute atomic E-state index is 0.440. The Morgan fingerprint density at radius 1 is 0.690 bits per heavy atom. The summed E-state index contributed by atoms with van der Waals surface area (Å²) in [6.45, 7) is 6.15. The first-order valence-corrected chi connectivity index (χ1v) is 20.3. The van der Waals surface area contributed by atoms with Crippen LogP contribution in [-0.2, 0) is 5.54 Å². The van der Waals surface area contributed by atoms with Gasteiger partial charge >= 0.3 is 0 Å². The van der Waals surface area contributed by atoms with Gasteiger partial charge in [-0.15, -0.1) is 0 Å². The van der Waals surface area contributed by atoms with Gasteiger partial charge < -0.3 is 25.8 Å². The predicted molar refractivity (Wildman–Crippen MR) is 240 cm³/mol. The molecule has 5 aromatic carbocycles. The first-order chi connectivity index (χ1) is 28.5. The summed E-state index contributed by atoms with van der Waals surface area (Å²) in [6, 6.07) is 48.4. The Morgan fingerprint density at radius 2 is 1.26 bits per heavy atom. The standard InChI is InChI=1S/C47H45Cl2N9/c1-57-28-30-58(31-29-57)27-15-26-50-45-51-33-34-32-39(42-40(48)24-14-25-41(42)49)44(53-43(34)54-45)55-46(52-38-22-12-5-13-23-38)56-47(35-16-6-2-7-17-35,36-18-8-3-9-19-36)37-20-10-4-11-21-37/h2-14,16-25,32-33H,15,26-31H2,1H3,(H3,50,51,52,53,54,55,56). The van der Waals surface area contributed by atoms with E-state index in [1.807, 2.05) is 109 Å². The topological polar surface area (TPSA) is 93.6 Å². The molecule has 3 heterocycles. The van der Waals surface area contributed by atoms with Crippen molar-refractivity contribution >= 4 is 57.6 Å². The number of pyridine rings is 1. The molecule has 0 aliphatic carbocycles. The summed E-state index contributed by atoms with van der Waals surface area (Å²) in [5.74, 6) is 1.42.